The Morgan fingerprint density at radius 2 is 1.90 bits per heavy atom. The Balaban J connectivity index is 2.70. The first-order valence-corrected chi connectivity index (χ1v) is 5.45. The summed E-state index contributed by atoms with van der Waals surface area (Å²) in [5.41, 5.74) is 0. The van der Waals surface area contributed by atoms with E-state index in [9.17, 15) is 8.42 Å². The van der Waals surface area contributed by atoms with Crippen molar-refractivity contribution in [1.82, 2.24) is 0 Å². The Bertz CT molecular complexity index is 206. The number of hydrogen-bond acceptors (Lipinski definition) is 2. The quantitative estimate of drug-likeness (QED) is 0.536. The zero-order valence-electron chi connectivity index (χ0n) is 6.50. The van der Waals surface area contributed by atoms with Crippen LogP contribution in [-0.2, 0) is 9.84 Å². The summed E-state index contributed by atoms with van der Waals surface area (Å²) < 4.78 is 22.3. The molecule has 0 bridgehead atoms. The van der Waals surface area contributed by atoms with Crippen molar-refractivity contribution in [3.63, 3.8) is 0 Å². The lowest BCUT2D eigenvalue weighted by Crippen LogP contribution is -2.29. The third-order valence-electron chi connectivity index (χ3n) is 2.24. The smallest absolute Gasteiger partial charge is 0.152 e. The van der Waals surface area contributed by atoms with Gasteiger partial charge in [0.1, 0.15) is 0 Å². The minimum atomic E-state index is -2.69. The van der Waals surface area contributed by atoms with Crippen LogP contribution in [0.25, 0.3) is 0 Å². The van der Waals surface area contributed by atoms with E-state index in [0.717, 1.165) is 12.8 Å². The average molecular weight is 162 g/mol. The Labute approximate surface area is 62.5 Å². The second kappa shape index (κ2) is 2.53. The van der Waals surface area contributed by atoms with Gasteiger partial charge in [0.25, 0.3) is 0 Å². The summed E-state index contributed by atoms with van der Waals surface area (Å²) in [5.74, 6) is 0.994. The van der Waals surface area contributed by atoms with Crippen molar-refractivity contribution < 1.29 is 8.42 Å². The molecule has 3 heteroatoms. The van der Waals surface area contributed by atoms with Crippen LogP contribution >= 0.6 is 0 Å². The van der Waals surface area contributed by atoms with Gasteiger partial charge in [0.15, 0.2) is 9.84 Å². The summed E-state index contributed by atoms with van der Waals surface area (Å²) >= 11 is 0. The van der Waals surface area contributed by atoms with Crippen molar-refractivity contribution in [2.45, 2.75) is 31.9 Å². The van der Waals surface area contributed by atoms with Crippen LogP contribution in [0.15, 0.2) is 0 Å². The molecule has 0 radical (unpaired) electrons. The third kappa shape index (κ3) is 1.51. The lowest BCUT2D eigenvalue weighted by Gasteiger charge is -2.23. The summed E-state index contributed by atoms with van der Waals surface area (Å²) in [4.78, 5) is 0. The maximum absolute atomic E-state index is 11.1. The predicted octanol–water partition coefficient (Wildman–Crippen LogP) is 1.22. The predicted molar refractivity (Wildman–Crippen MR) is 41.6 cm³/mol. The standard InChI is InChI=1S/C7H14O2S/c1-6-3-4-10(8,9)7(2)5-6/h6-7H,3-5H2,1-2H3/t6?,7-/m0/s1. The maximum atomic E-state index is 11.1. The van der Waals surface area contributed by atoms with Gasteiger partial charge in [0.05, 0.1) is 11.0 Å². The van der Waals surface area contributed by atoms with E-state index in [4.69, 9.17) is 0 Å². The summed E-state index contributed by atoms with van der Waals surface area (Å²) in [6.45, 7) is 3.93. The van der Waals surface area contributed by atoms with Crippen molar-refractivity contribution in [1.29, 1.82) is 0 Å². The monoisotopic (exact) mass is 162 g/mol. The molecule has 1 unspecified atom stereocenters. The molecule has 1 saturated heterocycles. The van der Waals surface area contributed by atoms with Gasteiger partial charge in [-0.05, 0) is 25.7 Å². The molecule has 1 aliphatic rings. The molecule has 0 saturated carbocycles. The second-order valence-corrected chi connectivity index (χ2v) is 5.85. The van der Waals surface area contributed by atoms with Gasteiger partial charge in [-0.15, -0.1) is 0 Å². The van der Waals surface area contributed by atoms with E-state index in [1.165, 1.54) is 0 Å². The normalized spacial score (nSPS) is 39.4. The highest BCUT2D eigenvalue weighted by Gasteiger charge is 2.28. The van der Waals surface area contributed by atoms with Crippen molar-refractivity contribution in [2.75, 3.05) is 5.75 Å². The van der Waals surface area contributed by atoms with Crippen molar-refractivity contribution in [2.24, 2.45) is 5.92 Å². The van der Waals surface area contributed by atoms with E-state index in [1.807, 2.05) is 6.92 Å². The van der Waals surface area contributed by atoms with Gasteiger partial charge in [-0.25, -0.2) is 8.42 Å². The fourth-order valence-electron chi connectivity index (χ4n) is 1.40. The molecule has 0 aromatic carbocycles. The SMILES string of the molecule is CC1CCS(=O)(=O)[C@@H](C)C1. The zero-order chi connectivity index (χ0) is 7.78. The van der Waals surface area contributed by atoms with E-state index in [0.29, 0.717) is 11.7 Å². The Hall–Kier alpha value is -0.0500. The van der Waals surface area contributed by atoms with Crippen LogP contribution in [-0.4, -0.2) is 19.4 Å². The van der Waals surface area contributed by atoms with Crippen LogP contribution in [0.2, 0.25) is 0 Å². The van der Waals surface area contributed by atoms with E-state index in [-0.39, 0.29) is 5.25 Å². The van der Waals surface area contributed by atoms with E-state index in [2.05, 4.69) is 6.92 Å². The highest BCUT2D eigenvalue weighted by molar-refractivity contribution is 7.92. The average Bonchev–Trinajstić information content (AvgIpc) is 1.81. The molecule has 2 atom stereocenters. The number of hydrogen-bond donors (Lipinski definition) is 0. The molecule has 60 valence electrons. The summed E-state index contributed by atoms with van der Waals surface area (Å²) in [6.07, 6.45) is 1.70. The fraction of sp³-hybridized carbons (Fsp3) is 1.00. The molecule has 0 spiro atoms. The molecule has 1 aliphatic heterocycles. The Morgan fingerprint density at radius 3 is 2.30 bits per heavy atom. The molecule has 1 rings (SSSR count). The largest absolute Gasteiger partial charge is 0.229 e. The maximum Gasteiger partial charge on any atom is 0.152 e. The lowest BCUT2D eigenvalue weighted by atomic mass is 10.0. The van der Waals surface area contributed by atoms with Crippen molar-refractivity contribution >= 4 is 9.84 Å². The van der Waals surface area contributed by atoms with E-state index in [1.54, 1.807) is 0 Å². The van der Waals surface area contributed by atoms with Gasteiger partial charge in [0.2, 0.25) is 0 Å². The summed E-state index contributed by atoms with van der Waals surface area (Å²) in [5, 5.41) is -0.101. The van der Waals surface area contributed by atoms with Crippen LogP contribution in [0.3, 0.4) is 0 Å². The first-order valence-electron chi connectivity index (χ1n) is 3.74. The van der Waals surface area contributed by atoms with Crippen LogP contribution in [0.5, 0.6) is 0 Å². The van der Waals surface area contributed by atoms with Gasteiger partial charge in [-0.3, -0.25) is 0 Å². The first kappa shape index (κ1) is 8.05. The van der Waals surface area contributed by atoms with Gasteiger partial charge >= 0.3 is 0 Å². The Morgan fingerprint density at radius 1 is 1.30 bits per heavy atom. The van der Waals surface area contributed by atoms with Gasteiger partial charge in [-0.2, -0.15) is 0 Å². The topological polar surface area (TPSA) is 34.1 Å². The van der Waals surface area contributed by atoms with Crippen molar-refractivity contribution in [3.05, 3.63) is 0 Å². The molecule has 0 aromatic rings. The molecule has 1 fully saturated rings. The highest BCUT2D eigenvalue weighted by atomic mass is 32.2. The molecule has 1 heterocycles. The molecule has 0 aromatic heterocycles. The first-order chi connectivity index (χ1) is 4.52. The molecule has 10 heavy (non-hydrogen) atoms. The highest BCUT2D eigenvalue weighted by Crippen LogP contribution is 2.23. The molecule has 0 N–H and O–H groups in total. The molecule has 0 amide bonds. The fourth-order valence-corrected chi connectivity index (χ4v) is 3.15. The molecular weight excluding hydrogens is 148 g/mol. The Kier molecular flexibility index (Phi) is 2.04. The molecule has 2 nitrogen and oxygen atoms in total. The zero-order valence-corrected chi connectivity index (χ0v) is 7.32. The minimum Gasteiger partial charge on any atom is -0.229 e. The summed E-state index contributed by atoms with van der Waals surface area (Å²) in [7, 11) is -2.69. The number of rotatable bonds is 0. The minimum absolute atomic E-state index is 0.101. The van der Waals surface area contributed by atoms with E-state index < -0.39 is 9.84 Å². The van der Waals surface area contributed by atoms with Crippen LogP contribution in [0.1, 0.15) is 26.7 Å². The second-order valence-electron chi connectivity index (χ2n) is 3.31. The molecule has 0 aliphatic carbocycles. The molecular formula is C7H14O2S. The van der Waals surface area contributed by atoms with Gasteiger partial charge < -0.3 is 0 Å². The van der Waals surface area contributed by atoms with Gasteiger partial charge in [0, 0.05) is 0 Å². The lowest BCUT2D eigenvalue weighted by molar-refractivity contribution is 0.464. The summed E-state index contributed by atoms with van der Waals surface area (Å²) in [6, 6.07) is 0. The van der Waals surface area contributed by atoms with Crippen LogP contribution in [0.4, 0.5) is 0 Å². The van der Waals surface area contributed by atoms with Crippen molar-refractivity contribution in [3.8, 4) is 0 Å². The van der Waals surface area contributed by atoms with E-state index >= 15 is 0 Å². The van der Waals surface area contributed by atoms with Crippen LogP contribution in [0, 0.1) is 5.92 Å². The van der Waals surface area contributed by atoms with Crippen LogP contribution < -0.4 is 0 Å². The number of sulfone groups is 1. The third-order valence-corrected chi connectivity index (χ3v) is 4.47. The van der Waals surface area contributed by atoms with Gasteiger partial charge in [-0.1, -0.05) is 6.92 Å².